The van der Waals surface area contributed by atoms with Crippen molar-refractivity contribution in [3.8, 4) is 0 Å². The summed E-state index contributed by atoms with van der Waals surface area (Å²) in [4.78, 5) is 26.0. The van der Waals surface area contributed by atoms with Gasteiger partial charge in [-0.05, 0) is 109 Å². The second-order valence-electron chi connectivity index (χ2n) is 16.6. The predicted octanol–water partition coefficient (Wildman–Crippen LogP) is 10.7. The van der Waals surface area contributed by atoms with E-state index in [-0.39, 0.29) is 47.5 Å². The number of ether oxygens (including phenoxy) is 2. The van der Waals surface area contributed by atoms with Gasteiger partial charge in [0.05, 0.1) is 17.4 Å². The lowest BCUT2D eigenvalue weighted by Gasteiger charge is -2.38. The molecule has 4 aromatic carbocycles. The van der Waals surface area contributed by atoms with E-state index in [1.165, 1.54) is 24.3 Å². The molecule has 0 saturated heterocycles. The summed E-state index contributed by atoms with van der Waals surface area (Å²) in [6.45, 7) is 7.66. The number of aryl methyl sites for hydroxylation is 2. The maximum atomic E-state index is 13.2. The molecule has 0 amide bonds. The van der Waals surface area contributed by atoms with E-state index in [1.807, 2.05) is 32.9 Å². The Hall–Kier alpha value is -5.69. The molecule has 0 spiro atoms. The number of cyclic esters (lactones) is 2. The molecule has 10 nitrogen and oxygen atoms in total. The Balaban J connectivity index is 0.000000236. The summed E-state index contributed by atoms with van der Waals surface area (Å²) in [6.07, 6.45) is 6.72. The Morgan fingerprint density at radius 1 is 0.677 bits per heavy atom. The first kappa shape index (κ1) is 47.4. The molecule has 5 N–H and O–H groups in total. The summed E-state index contributed by atoms with van der Waals surface area (Å²) >= 11 is 0. The lowest BCUT2D eigenvalue weighted by atomic mass is 9.81. The summed E-state index contributed by atoms with van der Waals surface area (Å²) in [5.41, 5.74) is 9.20. The largest absolute Gasteiger partial charge is 0.512 e. The van der Waals surface area contributed by atoms with Crippen LogP contribution in [-0.2, 0) is 41.9 Å². The second kappa shape index (κ2) is 20.5. The van der Waals surface area contributed by atoms with Crippen LogP contribution in [0, 0.1) is 11.6 Å². The molecule has 0 aromatic heterocycles. The Kier molecular flexibility index (Phi) is 15.6. The summed E-state index contributed by atoms with van der Waals surface area (Å²) in [5.74, 6) is -2.35. The van der Waals surface area contributed by atoms with Crippen LogP contribution in [0.2, 0.25) is 0 Å². The number of aliphatic hydroxyl groups is 2. The summed E-state index contributed by atoms with van der Waals surface area (Å²) < 4.78 is 63.8. The number of aliphatic hydroxyl groups excluding tert-OH is 2. The lowest BCUT2D eigenvalue weighted by molar-refractivity contribution is -0.162. The number of hydrogen-bond acceptors (Lipinski definition) is 9. The standard InChI is InChI=1S/C25H30FNO5S.C24H28FNO3/c1-4-13-25(14-12-18-8-10-20(26)11-9-18)16-22(28)23(24(29)32-25)17(2)19-6-5-7-21(15-19)27-33(3,30)31;1-3-12-24(13-11-17-7-9-19(25)10-8-17)15-21(27)22(23(28)29-24)16(2)18-5-4-6-20(26)14-18/h5-11,15,17,27-28H,4,12-14,16H2,1-3H3;4-10,14,16,27H,3,11-13,15,26H2,1-2H3. The van der Waals surface area contributed by atoms with Crippen molar-refractivity contribution >= 4 is 33.3 Å². The topological polar surface area (TPSA) is 165 Å². The average Bonchev–Trinajstić information content (AvgIpc) is 3.20. The first-order valence-corrected chi connectivity index (χ1v) is 23.0. The Bertz CT molecular complexity index is 2380. The van der Waals surface area contributed by atoms with Gasteiger partial charge in [-0.25, -0.2) is 26.8 Å². The minimum atomic E-state index is -3.44. The molecular weight excluding hydrogens is 815 g/mol. The number of sulfonamides is 1. The van der Waals surface area contributed by atoms with Gasteiger partial charge in [-0.3, -0.25) is 4.72 Å². The maximum Gasteiger partial charge on any atom is 0.338 e. The molecule has 2 aliphatic heterocycles. The van der Waals surface area contributed by atoms with Crippen molar-refractivity contribution in [1.29, 1.82) is 0 Å². The van der Waals surface area contributed by atoms with Gasteiger partial charge in [0.15, 0.2) is 0 Å². The second-order valence-corrected chi connectivity index (χ2v) is 18.3. The van der Waals surface area contributed by atoms with Crippen molar-refractivity contribution in [2.24, 2.45) is 0 Å². The lowest BCUT2D eigenvalue weighted by Crippen LogP contribution is -2.41. The quantitative estimate of drug-likeness (QED) is 0.0633. The molecule has 0 saturated carbocycles. The molecule has 0 radical (unpaired) electrons. The Morgan fingerprint density at radius 3 is 1.48 bits per heavy atom. The number of nitrogens with two attached hydrogens (primary N) is 1. The highest BCUT2D eigenvalue weighted by Crippen LogP contribution is 2.42. The number of benzene rings is 4. The minimum absolute atomic E-state index is 0.00668. The van der Waals surface area contributed by atoms with Crippen molar-refractivity contribution in [1.82, 2.24) is 0 Å². The molecular formula is C49H58F2N2O8S. The molecule has 0 fully saturated rings. The van der Waals surface area contributed by atoms with E-state index < -0.39 is 39.1 Å². The molecule has 2 aliphatic rings. The third-order valence-electron chi connectivity index (χ3n) is 11.6. The van der Waals surface area contributed by atoms with E-state index >= 15 is 0 Å². The number of nitrogens with one attached hydrogen (secondary N) is 1. The molecule has 0 bridgehead atoms. The fourth-order valence-electron chi connectivity index (χ4n) is 8.48. The highest BCUT2D eigenvalue weighted by atomic mass is 32.2. The molecule has 4 unspecified atom stereocenters. The molecule has 6 rings (SSSR count). The van der Waals surface area contributed by atoms with Gasteiger partial charge in [0.25, 0.3) is 0 Å². The highest BCUT2D eigenvalue weighted by molar-refractivity contribution is 7.92. The number of anilines is 2. The molecule has 13 heteroatoms. The molecule has 4 atom stereocenters. The highest BCUT2D eigenvalue weighted by Gasteiger charge is 2.44. The first-order valence-electron chi connectivity index (χ1n) is 21.1. The number of hydrogen-bond donors (Lipinski definition) is 4. The monoisotopic (exact) mass is 872 g/mol. The fraction of sp³-hybridized carbons (Fsp3) is 0.388. The fourth-order valence-corrected chi connectivity index (χ4v) is 9.03. The number of carbonyl (C=O) groups is 2. The van der Waals surface area contributed by atoms with Gasteiger partial charge in [-0.1, -0.05) is 89.1 Å². The molecule has 4 aromatic rings. The summed E-state index contributed by atoms with van der Waals surface area (Å²) in [5, 5.41) is 21.8. The van der Waals surface area contributed by atoms with Crippen molar-refractivity contribution < 1.29 is 46.5 Å². The van der Waals surface area contributed by atoms with Crippen LogP contribution in [0.15, 0.2) is 120 Å². The van der Waals surface area contributed by atoms with Gasteiger partial charge >= 0.3 is 11.9 Å². The van der Waals surface area contributed by atoms with Gasteiger partial charge in [-0.15, -0.1) is 0 Å². The van der Waals surface area contributed by atoms with Crippen LogP contribution < -0.4 is 10.5 Å². The van der Waals surface area contributed by atoms with Crippen LogP contribution in [0.3, 0.4) is 0 Å². The van der Waals surface area contributed by atoms with E-state index in [9.17, 15) is 37.0 Å². The van der Waals surface area contributed by atoms with Crippen molar-refractivity contribution in [3.63, 3.8) is 0 Å². The van der Waals surface area contributed by atoms with Crippen molar-refractivity contribution in [2.75, 3.05) is 16.7 Å². The molecule has 332 valence electrons. The van der Waals surface area contributed by atoms with Crippen LogP contribution in [0.1, 0.15) is 113 Å². The number of rotatable bonds is 16. The van der Waals surface area contributed by atoms with Crippen LogP contribution in [0.5, 0.6) is 0 Å². The zero-order valence-corrected chi connectivity index (χ0v) is 36.9. The molecule has 62 heavy (non-hydrogen) atoms. The Morgan fingerprint density at radius 2 is 1.10 bits per heavy atom. The minimum Gasteiger partial charge on any atom is -0.512 e. The molecule has 0 aliphatic carbocycles. The summed E-state index contributed by atoms with van der Waals surface area (Å²) in [7, 11) is -3.44. The zero-order chi connectivity index (χ0) is 45.2. The predicted molar refractivity (Wildman–Crippen MR) is 238 cm³/mol. The van der Waals surface area contributed by atoms with Gasteiger partial charge in [0.2, 0.25) is 10.0 Å². The first-order chi connectivity index (χ1) is 29.3. The molecule has 2 heterocycles. The van der Waals surface area contributed by atoms with Crippen LogP contribution >= 0.6 is 0 Å². The van der Waals surface area contributed by atoms with Gasteiger partial charge in [0, 0.05) is 36.1 Å². The van der Waals surface area contributed by atoms with E-state index in [0.717, 1.165) is 35.8 Å². The van der Waals surface area contributed by atoms with Gasteiger partial charge < -0.3 is 25.4 Å². The van der Waals surface area contributed by atoms with Crippen LogP contribution in [0.4, 0.5) is 20.2 Å². The number of nitrogen functional groups attached to an aromatic ring is 1. The smallest absolute Gasteiger partial charge is 0.338 e. The van der Waals surface area contributed by atoms with Gasteiger partial charge in [-0.2, -0.15) is 0 Å². The van der Waals surface area contributed by atoms with Crippen molar-refractivity contribution in [3.05, 3.63) is 154 Å². The number of carbonyl (C=O) groups excluding carboxylic acids is 2. The maximum absolute atomic E-state index is 13.2. The SMILES string of the molecule is CCCC1(CCc2ccc(F)cc2)CC(O)=C(C(C)c2cccc(N)c2)C(=O)O1.CCCC1(CCc2ccc(F)cc2)CC(O)=C(C(C)c2cccc(NS(C)(=O)=O)c2)C(=O)O1. The van der Waals surface area contributed by atoms with E-state index in [2.05, 4.69) is 4.72 Å². The van der Waals surface area contributed by atoms with Crippen molar-refractivity contribution in [2.45, 2.75) is 115 Å². The number of esters is 2. The van der Waals surface area contributed by atoms with E-state index in [1.54, 1.807) is 67.6 Å². The average molecular weight is 873 g/mol. The van der Waals surface area contributed by atoms with Gasteiger partial charge in [0.1, 0.15) is 34.4 Å². The third kappa shape index (κ3) is 12.5. The zero-order valence-electron chi connectivity index (χ0n) is 36.0. The Labute approximate surface area is 363 Å². The summed E-state index contributed by atoms with van der Waals surface area (Å²) in [6, 6.07) is 26.6. The number of halogens is 2. The normalized spacial score (nSPS) is 20.1. The van der Waals surface area contributed by atoms with Crippen LogP contribution in [0.25, 0.3) is 0 Å². The van der Waals surface area contributed by atoms with E-state index in [4.69, 9.17) is 15.2 Å². The van der Waals surface area contributed by atoms with Crippen LogP contribution in [-0.4, -0.2) is 48.0 Å². The third-order valence-corrected chi connectivity index (χ3v) is 12.2. The van der Waals surface area contributed by atoms with E-state index in [0.29, 0.717) is 61.0 Å².